The summed E-state index contributed by atoms with van der Waals surface area (Å²) in [5, 5.41) is 6.87. The van der Waals surface area contributed by atoms with E-state index in [4.69, 9.17) is 4.74 Å². The second-order valence-corrected chi connectivity index (χ2v) is 4.22. The third kappa shape index (κ3) is 2.41. The molecule has 0 bridgehead atoms. The number of carbonyl (C=O) groups excluding carboxylic acids is 1. The first-order valence-electron chi connectivity index (χ1n) is 5.58. The molecule has 1 amide bonds. The lowest BCUT2D eigenvalue weighted by molar-refractivity contribution is -0.127. The Bertz CT molecular complexity index is 375. The third-order valence-electron chi connectivity index (χ3n) is 2.92. The number of ether oxygens (including phenoxy) is 1. The predicted molar refractivity (Wildman–Crippen MR) is 60.0 cm³/mol. The van der Waals surface area contributed by atoms with Crippen molar-refractivity contribution in [3.63, 3.8) is 0 Å². The molecule has 1 aromatic rings. The fourth-order valence-electron chi connectivity index (χ4n) is 1.99. The lowest BCUT2D eigenvalue weighted by atomic mass is 9.94. The van der Waals surface area contributed by atoms with Gasteiger partial charge in [-0.1, -0.05) is 0 Å². The van der Waals surface area contributed by atoms with Crippen LogP contribution in [0.4, 0.5) is 5.69 Å². The highest BCUT2D eigenvalue weighted by atomic mass is 16.5. The zero-order valence-electron chi connectivity index (χ0n) is 9.64. The van der Waals surface area contributed by atoms with Crippen molar-refractivity contribution in [3.8, 4) is 0 Å². The Morgan fingerprint density at radius 1 is 1.69 bits per heavy atom. The van der Waals surface area contributed by atoms with Crippen LogP contribution in [0.1, 0.15) is 19.8 Å². The summed E-state index contributed by atoms with van der Waals surface area (Å²) in [4.78, 5) is 12.0. The van der Waals surface area contributed by atoms with Gasteiger partial charge in [-0.25, -0.2) is 0 Å². The van der Waals surface area contributed by atoms with Gasteiger partial charge in [0.2, 0.25) is 5.91 Å². The molecule has 1 fully saturated rings. The molecule has 2 heterocycles. The van der Waals surface area contributed by atoms with Gasteiger partial charge in [0.05, 0.1) is 23.9 Å². The van der Waals surface area contributed by atoms with E-state index in [2.05, 4.69) is 10.4 Å². The molecule has 2 atom stereocenters. The molecule has 0 saturated carbocycles. The molecule has 1 N–H and O–H groups in total. The first kappa shape index (κ1) is 11.1. The second-order valence-electron chi connectivity index (χ2n) is 4.22. The van der Waals surface area contributed by atoms with Crippen molar-refractivity contribution in [2.75, 3.05) is 11.9 Å². The number of amides is 1. The first-order valence-corrected chi connectivity index (χ1v) is 5.58. The number of nitrogens with one attached hydrogen (secondary N) is 1. The van der Waals surface area contributed by atoms with Crippen LogP contribution in [0.3, 0.4) is 0 Å². The molecule has 5 nitrogen and oxygen atoms in total. The van der Waals surface area contributed by atoms with Crippen LogP contribution in [0.15, 0.2) is 12.4 Å². The van der Waals surface area contributed by atoms with Crippen LogP contribution in [0, 0.1) is 5.92 Å². The van der Waals surface area contributed by atoms with Crippen molar-refractivity contribution in [1.29, 1.82) is 0 Å². The smallest absolute Gasteiger partial charge is 0.230 e. The summed E-state index contributed by atoms with van der Waals surface area (Å²) in [5.74, 6) is -0.0193. The van der Waals surface area contributed by atoms with Crippen molar-refractivity contribution < 1.29 is 9.53 Å². The van der Waals surface area contributed by atoms with E-state index >= 15 is 0 Å². The van der Waals surface area contributed by atoms with E-state index < -0.39 is 0 Å². The molecule has 0 radical (unpaired) electrons. The van der Waals surface area contributed by atoms with Crippen LogP contribution in [0.2, 0.25) is 0 Å². The number of aromatic nitrogens is 2. The average Bonchev–Trinajstić information content (AvgIpc) is 2.64. The second kappa shape index (κ2) is 4.65. The van der Waals surface area contributed by atoms with Gasteiger partial charge in [0.15, 0.2) is 0 Å². The molecule has 88 valence electrons. The Labute approximate surface area is 94.8 Å². The van der Waals surface area contributed by atoms with Crippen molar-refractivity contribution in [3.05, 3.63) is 12.4 Å². The van der Waals surface area contributed by atoms with E-state index in [1.165, 1.54) is 0 Å². The summed E-state index contributed by atoms with van der Waals surface area (Å²) in [6.07, 6.45) is 5.28. The molecule has 0 aliphatic carbocycles. The van der Waals surface area contributed by atoms with Gasteiger partial charge >= 0.3 is 0 Å². The van der Waals surface area contributed by atoms with Gasteiger partial charge < -0.3 is 10.1 Å². The Morgan fingerprint density at radius 2 is 2.50 bits per heavy atom. The normalized spacial score (nSPS) is 25.4. The lowest BCUT2D eigenvalue weighted by Crippen LogP contribution is -2.36. The minimum Gasteiger partial charge on any atom is -0.378 e. The van der Waals surface area contributed by atoms with Crippen LogP contribution in [0.25, 0.3) is 0 Å². The Hall–Kier alpha value is -1.36. The van der Waals surface area contributed by atoms with Crippen molar-refractivity contribution in [2.24, 2.45) is 13.0 Å². The van der Waals surface area contributed by atoms with E-state index in [9.17, 15) is 4.79 Å². The number of rotatable bonds is 2. The Kier molecular flexibility index (Phi) is 3.24. The fraction of sp³-hybridized carbons (Fsp3) is 0.636. The molecule has 1 saturated heterocycles. The molecule has 1 aromatic heterocycles. The number of aryl methyl sites for hydroxylation is 1. The zero-order valence-corrected chi connectivity index (χ0v) is 9.64. The summed E-state index contributed by atoms with van der Waals surface area (Å²) in [6.45, 7) is 2.71. The highest BCUT2D eigenvalue weighted by molar-refractivity contribution is 5.92. The topological polar surface area (TPSA) is 56.1 Å². The minimum absolute atomic E-state index is 0.00502. The molecule has 1 aliphatic rings. The summed E-state index contributed by atoms with van der Waals surface area (Å²) in [6, 6.07) is 0. The van der Waals surface area contributed by atoms with Gasteiger partial charge in [0, 0.05) is 19.9 Å². The Morgan fingerprint density at radius 3 is 3.12 bits per heavy atom. The number of hydrogen-bond acceptors (Lipinski definition) is 3. The lowest BCUT2D eigenvalue weighted by Gasteiger charge is -2.27. The van der Waals surface area contributed by atoms with E-state index in [0.29, 0.717) is 0 Å². The molecule has 16 heavy (non-hydrogen) atoms. The molecule has 2 rings (SSSR count). The summed E-state index contributed by atoms with van der Waals surface area (Å²) >= 11 is 0. The molecule has 1 aliphatic heterocycles. The van der Waals surface area contributed by atoms with Crippen LogP contribution in [-0.2, 0) is 16.6 Å². The summed E-state index contributed by atoms with van der Waals surface area (Å²) < 4.78 is 7.14. The quantitative estimate of drug-likeness (QED) is 0.819. The van der Waals surface area contributed by atoms with E-state index in [1.54, 1.807) is 17.1 Å². The van der Waals surface area contributed by atoms with Crippen molar-refractivity contribution >= 4 is 11.6 Å². The zero-order chi connectivity index (χ0) is 11.5. The van der Waals surface area contributed by atoms with Crippen LogP contribution >= 0.6 is 0 Å². The number of nitrogens with zero attached hydrogens (tertiary/aromatic N) is 2. The van der Waals surface area contributed by atoms with Crippen LogP contribution < -0.4 is 5.32 Å². The molecular weight excluding hydrogens is 206 g/mol. The van der Waals surface area contributed by atoms with Gasteiger partial charge in [0.25, 0.3) is 0 Å². The van der Waals surface area contributed by atoms with Crippen molar-refractivity contribution in [2.45, 2.75) is 25.9 Å². The monoisotopic (exact) mass is 223 g/mol. The van der Waals surface area contributed by atoms with Gasteiger partial charge in [0.1, 0.15) is 0 Å². The average molecular weight is 223 g/mol. The molecule has 0 aromatic carbocycles. The molecule has 5 heteroatoms. The number of anilines is 1. The fourth-order valence-corrected chi connectivity index (χ4v) is 1.99. The SMILES string of the molecule is CC1OCCCC1C(=O)Nc1cnn(C)c1. The van der Waals surface area contributed by atoms with Crippen LogP contribution in [-0.4, -0.2) is 28.4 Å². The maximum absolute atomic E-state index is 12.0. The highest BCUT2D eigenvalue weighted by Gasteiger charge is 2.28. The van der Waals surface area contributed by atoms with E-state index in [0.717, 1.165) is 25.1 Å². The molecular formula is C11H17N3O2. The van der Waals surface area contributed by atoms with E-state index in [1.807, 2.05) is 14.0 Å². The maximum Gasteiger partial charge on any atom is 0.230 e. The largest absolute Gasteiger partial charge is 0.378 e. The Balaban J connectivity index is 1.96. The summed E-state index contributed by atoms with van der Waals surface area (Å²) in [7, 11) is 1.82. The first-order chi connectivity index (χ1) is 7.66. The third-order valence-corrected chi connectivity index (χ3v) is 2.92. The molecule has 2 unspecified atom stereocenters. The standard InChI is InChI=1S/C11H17N3O2/c1-8-10(4-3-5-16-8)11(15)13-9-6-12-14(2)7-9/h6-8,10H,3-5H2,1-2H3,(H,13,15). The maximum atomic E-state index is 12.0. The summed E-state index contributed by atoms with van der Waals surface area (Å²) in [5.41, 5.74) is 0.741. The van der Waals surface area contributed by atoms with Gasteiger partial charge in [-0.05, 0) is 19.8 Å². The van der Waals surface area contributed by atoms with Crippen LogP contribution in [0.5, 0.6) is 0 Å². The highest BCUT2D eigenvalue weighted by Crippen LogP contribution is 2.22. The minimum atomic E-state index is -0.0473. The van der Waals surface area contributed by atoms with Gasteiger partial charge in [-0.15, -0.1) is 0 Å². The predicted octanol–water partition coefficient (Wildman–Crippen LogP) is 1.17. The number of carbonyl (C=O) groups is 1. The molecule has 0 spiro atoms. The van der Waals surface area contributed by atoms with E-state index in [-0.39, 0.29) is 17.9 Å². The van der Waals surface area contributed by atoms with Gasteiger partial charge in [-0.2, -0.15) is 5.10 Å². The van der Waals surface area contributed by atoms with Gasteiger partial charge in [-0.3, -0.25) is 9.48 Å². The van der Waals surface area contributed by atoms with Crippen molar-refractivity contribution in [1.82, 2.24) is 9.78 Å². The number of hydrogen-bond donors (Lipinski definition) is 1.